The minimum absolute atomic E-state index is 0.0891. The molecule has 1 aliphatic rings. The van der Waals surface area contributed by atoms with E-state index in [2.05, 4.69) is 15.6 Å². The highest BCUT2D eigenvalue weighted by molar-refractivity contribution is 7.11. The summed E-state index contributed by atoms with van der Waals surface area (Å²) in [6, 6.07) is 3.16. The molecule has 0 spiro atoms. The van der Waals surface area contributed by atoms with Gasteiger partial charge in [-0.1, -0.05) is 6.07 Å². The quantitative estimate of drug-likeness (QED) is 0.898. The van der Waals surface area contributed by atoms with Gasteiger partial charge in [0.05, 0.1) is 17.2 Å². The molecule has 1 aliphatic carbocycles. The van der Waals surface area contributed by atoms with E-state index in [1.54, 1.807) is 11.3 Å². The number of urea groups is 1. The minimum atomic E-state index is -0.593. The molecule has 0 radical (unpaired) electrons. The Morgan fingerprint density at radius 3 is 2.83 bits per heavy atom. The number of aromatic nitrogens is 1. The second-order valence-electron chi connectivity index (χ2n) is 5.68. The van der Waals surface area contributed by atoms with E-state index in [1.165, 1.54) is 12.1 Å². The van der Waals surface area contributed by atoms with Gasteiger partial charge in [0, 0.05) is 22.9 Å². The van der Waals surface area contributed by atoms with Gasteiger partial charge in [-0.2, -0.15) is 0 Å². The van der Waals surface area contributed by atoms with Crippen molar-refractivity contribution in [2.24, 2.45) is 0 Å². The van der Waals surface area contributed by atoms with Crippen LogP contribution < -0.4 is 10.6 Å². The lowest BCUT2D eigenvalue weighted by molar-refractivity contribution is 0.240. The van der Waals surface area contributed by atoms with Crippen molar-refractivity contribution < 1.29 is 13.6 Å². The number of halogens is 2. The lowest BCUT2D eigenvalue weighted by atomic mass is 10.1. The summed E-state index contributed by atoms with van der Waals surface area (Å²) in [6.07, 6.45) is 0.661. The molecule has 122 valence electrons. The van der Waals surface area contributed by atoms with Crippen LogP contribution in [0.3, 0.4) is 0 Å². The maximum atomic E-state index is 13.7. The molecule has 1 aromatic carbocycles. The first-order chi connectivity index (χ1) is 10.9. The highest BCUT2D eigenvalue weighted by Gasteiger charge is 2.41. The van der Waals surface area contributed by atoms with Gasteiger partial charge in [0.25, 0.3) is 0 Å². The van der Waals surface area contributed by atoms with Crippen LogP contribution in [-0.4, -0.2) is 17.1 Å². The van der Waals surface area contributed by atoms with Gasteiger partial charge in [0.15, 0.2) is 0 Å². The first kappa shape index (κ1) is 15.9. The van der Waals surface area contributed by atoms with Crippen molar-refractivity contribution in [3.8, 4) is 0 Å². The van der Waals surface area contributed by atoms with Crippen LogP contribution in [-0.2, 0) is 6.54 Å². The zero-order valence-electron chi connectivity index (χ0n) is 12.8. The normalized spacial score (nSPS) is 19.5. The van der Waals surface area contributed by atoms with E-state index in [0.29, 0.717) is 18.5 Å². The number of carbonyl (C=O) groups excluding carboxylic acids is 1. The molecule has 23 heavy (non-hydrogen) atoms. The van der Waals surface area contributed by atoms with Crippen molar-refractivity contribution in [3.63, 3.8) is 0 Å². The summed E-state index contributed by atoms with van der Waals surface area (Å²) in [4.78, 5) is 17.2. The minimum Gasteiger partial charge on any atom is -0.335 e. The molecule has 1 fully saturated rings. The van der Waals surface area contributed by atoms with Crippen molar-refractivity contribution in [2.75, 3.05) is 0 Å². The topological polar surface area (TPSA) is 54.0 Å². The molecular formula is C16H17F2N3OS. The molecule has 2 aromatic rings. The third-order valence-electron chi connectivity index (χ3n) is 3.88. The predicted octanol–water partition coefficient (Wildman–Crippen LogP) is 3.39. The molecule has 0 saturated heterocycles. The van der Waals surface area contributed by atoms with E-state index in [1.807, 2.05) is 13.8 Å². The molecule has 4 nitrogen and oxygen atoms in total. The zero-order chi connectivity index (χ0) is 16.6. The number of thiazole rings is 1. The fourth-order valence-electron chi connectivity index (χ4n) is 2.62. The van der Waals surface area contributed by atoms with E-state index in [0.717, 1.165) is 21.6 Å². The Kier molecular flexibility index (Phi) is 4.30. The number of nitrogens with one attached hydrogen (secondary N) is 2. The molecule has 7 heteroatoms. The Morgan fingerprint density at radius 2 is 2.17 bits per heavy atom. The number of hydrogen-bond acceptors (Lipinski definition) is 3. The summed E-state index contributed by atoms with van der Waals surface area (Å²) in [5.74, 6) is -1.24. The Morgan fingerprint density at radius 1 is 1.39 bits per heavy atom. The van der Waals surface area contributed by atoms with Gasteiger partial charge < -0.3 is 10.6 Å². The molecule has 3 rings (SSSR count). The van der Waals surface area contributed by atoms with Gasteiger partial charge in [-0.25, -0.2) is 18.6 Å². The van der Waals surface area contributed by atoms with Crippen LogP contribution in [0, 0.1) is 25.5 Å². The highest BCUT2D eigenvalue weighted by Crippen LogP contribution is 2.41. The average Bonchev–Trinajstić information content (AvgIpc) is 3.13. The number of amides is 2. The monoisotopic (exact) mass is 337 g/mol. The van der Waals surface area contributed by atoms with E-state index < -0.39 is 11.6 Å². The first-order valence-electron chi connectivity index (χ1n) is 7.36. The third kappa shape index (κ3) is 3.67. The lowest BCUT2D eigenvalue weighted by Crippen LogP contribution is -2.36. The van der Waals surface area contributed by atoms with E-state index in [9.17, 15) is 13.6 Å². The molecule has 1 heterocycles. The summed E-state index contributed by atoms with van der Waals surface area (Å²) in [6.45, 7) is 4.26. The number of aryl methyl sites for hydroxylation is 2. The van der Waals surface area contributed by atoms with Crippen LogP contribution >= 0.6 is 11.3 Å². The van der Waals surface area contributed by atoms with Crippen molar-refractivity contribution >= 4 is 17.4 Å². The smallest absolute Gasteiger partial charge is 0.315 e. The van der Waals surface area contributed by atoms with Gasteiger partial charge in [-0.15, -0.1) is 11.3 Å². The van der Waals surface area contributed by atoms with Gasteiger partial charge in [0.1, 0.15) is 11.6 Å². The molecule has 1 saturated carbocycles. The maximum Gasteiger partial charge on any atom is 0.315 e. The predicted molar refractivity (Wildman–Crippen MR) is 84.5 cm³/mol. The number of hydrogen-bond donors (Lipinski definition) is 2. The number of benzene rings is 1. The maximum absolute atomic E-state index is 13.7. The molecule has 2 atom stereocenters. The second-order valence-corrected chi connectivity index (χ2v) is 6.97. The van der Waals surface area contributed by atoms with Crippen molar-refractivity contribution in [1.29, 1.82) is 0 Å². The molecule has 0 bridgehead atoms. The number of carbonyl (C=O) groups is 1. The molecule has 1 aromatic heterocycles. The Hall–Kier alpha value is -2.02. The molecule has 2 N–H and O–H groups in total. The Balaban J connectivity index is 1.51. The zero-order valence-corrected chi connectivity index (χ0v) is 13.6. The van der Waals surface area contributed by atoms with Gasteiger partial charge >= 0.3 is 6.03 Å². The van der Waals surface area contributed by atoms with Crippen molar-refractivity contribution in [2.45, 2.75) is 38.8 Å². The van der Waals surface area contributed by atoms with Crippen LogP contribution in [0.1, 0.15) is 33.5 Å². The average molecular weight is 337 g/mol. The SMILES string of the molecule is Cc1nc(C)c(CNC(=O)N[C@H]2C[C@H]2c2ccc(F)cc2F)s1. The van der Waals surface area contributed by atoms with Gasteiger partial charge in [-0.05, 0) is 31.9 Å². The van der Waals surface area contributed by atoms with Crippen LogP contribution in [0.4, 0.5) is 13.6 Å². The fraction of sp³-hybridized carbons (Fsp3) is 0.375. The molecule has 0 unspecified atom stereocenters. The Labute approximate surface area is 136 Å². The summed E-state index contributed by atoms with van der Waals surface area (Å²) in [5.41, 5.74) is 1.37. The summed E-state index contributed by atoms with van der Waals surface area (Å²) >= 11 is 1.55. The standard InChI is InChI=1S/C16H17F2N3OS/c1-8-15(23-9(2)20-8)7-19-16(22)21-14-6-12(14)11-4-3-10(17)5-13(11)18/h3-5,12,14H,6-7H2,1-2H3,(H2,19,21,22)/t12-,14-/m0/s1. The molecular weight excluding hydrogens is 320 g/mol. The third-order valence-corrected chi connectivity index (χ3v) is 4.95. The summed E-state index contributed by atoms with van der Waals surface area (Å²) in [5, 5.41) is 6.57. The van der Waals surface area contributed by atoms with E-state index in [4.69, 9.17) is 0 Å². The second kappa shape index (κ2) is 6.23. The lowest BCUT2D eigenvalue weighted by Gasteiger charge is -2.07. The first-order valence-corrected chi connectivity index (χ1v) is 8.18. The van der Waals surface area contributed by atoms with Gasteiger partial charge in [0.2, 0.25) is 0 Å². The van der Waals surface area contributed by atoms with Crippen molar-refractivity contribution in [1.82, 2.24) is 15.6 Å². The van der Waals surface area contributed by atoms with Crippen LogP contribution in [0.5, 0.6) is 0 Å². The van der Waals surface area contributed by atoms with E-state index >= 15 is 0 Å². The molecule has 2 amide bonds. The summed E-state index contributed by atoms with van der Waals surface area (Å²) < 4.78 is 26.6. The molecule has 0 aliphatic heterocycles. The fourth-order valence-corrected chi connectivity index (χ4v) is 3.49. The van der Waals surface area contributed by atoms with Crippen LogP contribution in [0.25, 0.3) is 0 Å². The van der Waals surface area contributed by atoms with Crippen molar-refractivity contribution in [3.05, 3.63) is 51.0 Å². The van der Waals surface area contributed by atoms with Crippen LogP contribution in [0.15, 0.2) is 18.2 Å². The highest BCUT2D eigenvalue weighted by atomic mass is 32.1. The Bertz CT molecular complexity index is 747. The van der Waals surface area contributed by atoms with Crippen LogP contribution in [0.2, 0.25) is 0 Å². The number of nitrogens with zero attached hydrogens (tertiary/aromatic N) is 1. The number of rotatable bonds is 4. The summed E-state index contributed by atoms with van der Waals surface area (Å²) in [7, 11) is 0. The largest absolute Gasteiger partial charge is 0.335 e. The van der Waals surface area contributed by atoms with E-state index in [-0.39, 0.29) is 18.0 Å². The van der Waals surface area contributed by atoms with Gasteiger partial charge in [-0.3, -0.25) is 0 Å².